The first kappa shape index (κ1) is 31.9. The average Bonchev–Trinajstić information content (AvgIpc) is 2.99. The monoisotopic (exact) mass is 540 g/mol. The van der Waals surface area contributed by atoms with Gasteiger partial charge in [0, 0.05) is 30.7 Å². The molecule has 0 amide bonds. The average molecular weight is 541 g/mol. The molecule has 0 atom stereocenters. The summed E-state index contributed by atoms with van der Waals surface area (Å²) >= 11 is 0. The lowest BCUT2D eigenvalue weighted by atomic mass is 9.83. The van der Waals surface area contributed by atoms with Gasteiger partial charge in [-0.25, -0.2) is 0 Å². The van der Waals surface area contributed by atoms with E-state index in [4.69, 9.17) is 0 Å². The molecule has 5 rings (SSSR count). The molecule has 3 aromatic rings. The second kappa shape index (κ2) is 16.6. The van der Waals surface area contributed by atoms with Crippen molar-refractivity contribution < 1.29 is 0 Å². The minimum atomic E-state index is 0.591. The summed E-state index contributed by atoms with van der Waals surface area (Å²) < 4.78 is 0. The molecule has 2 heteroatoms. The zero-order valence-electron chi connectivity index (χ0n) is 26.6. The van der Waals surface area contributed by atoms with Crippen molar-refractivity contribution in [3.63, 3.8) is 0 Å². The Bertz CT molecular complexity index is 1000. The third kappa shape index (κ3) is 10.4. The normalized spacial score (nSPS) is 15.9. The summed E-state index contributed by atoms with van der Waals surface area (Å²) in [7, 11) is 0. The van der Waals surface area contributed by atoms with Crippen LogP contribution in [0.2, 0.25) is 0 Å². The van der Waals surface area contributed by atoms with E-state index in [2.05, 4.69) is 112 Å². The van der Waals surface area contributed by atoms with Gasteiger partial charge in [-0.2, -0.15) is 0 Å². The Morgan fingerprint density at radius 1 is 0.575 bits per heavy atom. The second-order valence-corrected chi connectivity index (χ2v) is 12.8. The first-order valence-electron chi connectivity index (χ1n) is 16.1. The first-order chi connectivity index (χ1) is 19.2. The lowest BCUT2D eigenvalue weighted by Gasteiger charge is -2.29. The first-order valence-corrected chi connectivity index (χ1v) is 16.1. The SMILES string of the molecule is CC(C)c1ccc(C2CCCCC2)cc1.CC(C)c1ccc(N2CCCCC2)cc1.Cc1ccc(C(C)C)cn1. The van der Waals surface area contributed by atoms with Crippen LogP contribution in [0.3, 0.4) is 0 Å². The van der Waals surface area contributed by atoms with E-state index < -0.39 is 0 Å². The molecule has 1 aromatic heterocycles. The van der Waals surface area contributed by atoms with Gasteiger partial charge < -0.3 is 4.90 Å². The molecule has 2 aromatic carbocycles. The number of pyridine rings is 1. The number of nitrogens with zero attached hydrogens (tertiary/aromatic N) is 2. The van der Waals surface area contributed by atoms with Crippen molar-refractivity contribution in [2.75, 3.05) is 18.0 Å². The van der Waals surface area contributed by atoms with Crippen LogP contribution >= 0.6 is 0 Å². The zero-order chi connectivity index (χ0) is 28.9. The highest BCUT2D eigenvalue weighted by Gasteiger charge is 2.15. The molecule has 2 nitrogen and oxygen atoms in total. The van der Waals surface area contributed by atoms with Crippen molar-refractivity contribution in [2.24, 2.45) is 0 Å². The quantitative estimate of drug-likeness (QED) is 0.320. The third-order valence-corrected chi connectivity index (χ3v) is 8.56. The Morgan fingerprint density at radius 3 is 1.52 bits per heavy atom. The lowest BCUT2D eigenvalue weighted by Crippen LogP contribution is -2.29. The molecular weight excluding hydrogens is 484 g/mol. The van der Waals surface area contributed by atoms with Gasteiger partial charge in [-0.15, -0.1) is 0 Å². The summed E-state index contributed by atoms with van der Waals surface area (Å²) in [6.45, 7) is 17.8. The topological polar surface area (TPSA) is 16.1 Å². The summed E-state index contributed by atoms with van der Waals surface area (Å²) in [4.78, 5) is 6.71. The number of anilines is 1. The highest BCUT2D eigenvalue weighted by molar-refractivity contribution is 5.48. The van der Waals surface area contributed by atoms with Crippen molar-refractivity contribution >= 4 is 5.69 Å². The molecule has 0 bridgehead atoms. The number of aromatic nitrogens is 1. The van der Waals surface area contributed by atoms with Crippen LogP contribution in [0.5, 0.6) is 0 Å². The number of piperidine rings is 1. The number of aryl methyl sites for hydroxylation is 1. The van der Waals surface area contributed by atoms with E-state index in [1.807, 2.05) is 13.1 Å². The molecule has 1 aliphatic heterocycles. The summed E-state index contributed by atoms with van der Waals surface area (Å²) in [5, 5.41) is 0. The molecule has 0 radical (unpaired) electrons. The molecule has 2 fully saturated rings. The molecule has 1 saturated heterocycles. The highest BCUT2D eigenvalue weighted by atomic mass is 15.1. The Hall–Kier alpha value is -2.61. The zero-order valence-corrected chi connectivity index (χ0v) is 26.6. The van der Waals surface area contributed by atoms with E-state index in [0.717, 1.165) is 11.6 Å². The van der Waals surface area contributed by atoms with Crippen LogP contribution in [0.15, 0.2) is 66.9 Å². The summed E-state index contributed by atoms with van der Waals surface area (Å²) in [5.41, 5.74) is 8.28. The second-order valence-electron chi connectivity index (χ2n) is 12.8. The molecular formula is C38H56N2. The van der Waals surface area contributed by atoms with E-state index in [1.165, 1.54) is 86.8 Å². The lowest BCUT2D eigenvalue weighted by molar-refractivity contribution is 0.443. The molecule has 2 aliphatic rings. The number of hydrogen-bond acceptors (Lipinski definition) is 2. The van der Waals surface area contributed by atoms with Gasteiger partial charge in [0.2, 0.25) is 0 Å². The standard InChI is InChI=1S/C15H22.C14H21N.C9H13N/c1-12(2)13-8-10-15(11-9-13)14-6-4-3-5-7-14;1-12(2)13-6-8-14(9-7-13)15-10-4-3-5-11-15;1-7(2)9-5-4-8(3)10-6-9/h8-12,14H,3-7H2,1-2H3;6-9,12H,3-5,10-11H2,1-2H3;4-7H,1-3H3. The smallest absolute Gasteiger partial charge is 0.0372 e. The van der Waals surface area contributed by atoms with Crippen LogP contribution in [0.4, 0.5) is 5.69 Å². The molecule has 0 unspecified atom stereocenters. The van der Waals surface area contributed by atoms with Crippen LogP contribution in [0, 0.1) is 6.92 Å². The molecule has 2 heterocycles. The van der Waals surface area contributed by atoms with E-state index >= 15 is 0 Å². The van der Waals surface area contributed by atoms with E-state index in [9.17, 15) is 0 Å². The Morgan fingerprint density at radius 2 is 1.05 bits per heavy atom. The maximum absolute atomic E-state index is 4.20. The van der Waals surface area contributed by atoms with Crippen molar-refractivity contribution in [2.45, 2.75) is 124 Å². The Labute approximate surface area is 246 Å². The van der Waals surface area contributed by atoms with Crippen LogP contribution < -0.4 is 4.90 Å². The minimum absolute atomic E-state index is 0.591. The Kier molecular flexibility index (Phi) is 13.2. The van der Waals surface area contributed by atoms with Gasteiger partial charge in [0.1, 0.15) is 0 Å². The predicted molar refractivity (Wildman–Crippen MR) is 176 cm³/mol. The van der Waals surface area contributed by atoms with Gasteiger partial charge in [0.25, 0.3) is 0 Å². The third-order valence-electron chi connectivity index (χ3n) is 8.56. The maximum Gasteiger partial charge on any atom is 0.0372 e. The number of hydrogen-bond donors (Lipinski definition) is 0. The fraction of sp³-hybridized carbons (Fsp3) is 0.553. The van der Waals surface area contributed by atoms with Crippen LogP contribution in [-0.2, 0) is 0 Å². The molecule has 40 heavy (non-hydrogen) atoms. The van der Waals surface area contributed by atoms with Crippen molar-refractivity contribution in [1.82, 2.24) is 4.98 Å². The fourth-order valence-electron chi connectivity index (χ4n) is 5.63. The maximum atomic E-state index is 4.20. The molecule has 1 saturated carbocycles. The molecule has 0 N–H and O–H groups in total. The van der Waals surface area contributed by atoms with Gasteiger partial charge >= 0.3 is 0 Å². The van der Waals surface area contributed by atoms with Crippen LogP contribution in [-0.4, -0.2) is 18.1 Å². The number of rotatable bonds is 5. The van der Waals surface area contributed by atoms with Crippen molar-refractivity contribution in [1.29, 1.82) is 0 Å². The van der Waals surface area contributed by atoms with Gasteiger partial charge in [-0.05, 0) is 103 Å². The van der Waals surface area contributed by atoms with Crippen LogP contribution in [0.25, 0.3) is 0 Å². The summed E-state index contributed by atoms with van der Waals surface area (Å²) in [6.07, 6.45) is 13.2. The largest absolute Gasteiger partial charge is 0.372 e. The summed E-state index contributed by atoms with van der Waals surface area (Å²) in [6, 6.07) is 22.6. The van der Waals surface area contributed by atoms with Crippen molar-refractivity contribution in [3.8, 4) is 0 Å². The molecule has 1 aliphatic carbocycles. The van der Waals surface area contributed by atoms with Crippen molar-refractivity contribution in [3.05, 3.63) is 94.8 Å². The summed E-state index contributed by atoms with van der Waals surface area (Å²) in [5.74, 6) is 2.74. The highest BCUT2D eigenvalue weighted by Crippen LogP contribution is 2.33. The van der Waals surface area contributed by atoms with E-state index in [1.54, 1.807) is 5.56 Å². The van der Waals surface area contributed by atoms with Crippen LogP contribution in [0.1, 0.15) is 145 Å². The fourth-order valence-corrected chi connectivity index (χ4v) is 5.63. The predicted octanol–water partition coefficient (Wildman–Crippen LogP) is 11.2. The molecule has 0 spiro atoms. The van der Waals surface area contributed by atoms with E-state index in [0.29, 0.717) is 17.8 Å². The van der Waals surface area contributed by atoms with Gasteiger partial charge in [-0.1, -0.05) is 103 Å². The number of benzene rings is 2. The van der Waals surface area contributed by atoms with Gasteiger partial charge in [0.15, 0.2) is 0 Å². The minimum Gasteiger partial charge on any atom is -0.372 e. The molecule has 218 valence electrons. The Balaban J connectivity index is 0.000000169. The van der Waals surface area contributed by atoms with Gasteiger partial charge in [-0.3, -0.25) is 4.98 Å². The van der Waals surface area contributed by atoms with E-state index in [-0.39, 0.29) is 0 Å². The van der Waals surface area contributed by atoms with Gasteiger partial charge in [0.05, 0.1) is 0 Å².